The van der Waals surface area contributed by atoms with Gasteiger partial charge in [0.1, 0.15) is 23.3 Å². The minimum atomic E-state index is -0.471. The third kappa shape index (κ3) is 4.36. The quantitative estimate of drug-likeness (QED) is 0.757. The Bertz CT molecular complexity index is 1050. The Morgan fingerprint density at radius 3 is 2.77 bits per heavy atom. The average Bonchev–Trinajstić information content (AvgIpc) is 3.27. The molecular weight excluding hydrogens is 414 g/mol. The molecule has 4 rings (SSSR count). The number of amides is 2. The molecule has 31 heavy (non-hydrogen) atoms. The minimum Gasteiger partial charge on any atom is -0.389 e. The highest BCUT2D eigenvalue weighted by atomic mass is 32.1. The summed E-state index contributed by atoms with van der Waals surface area (Å²) in [4.78, 5) is 31.7. The Kier molecular flexibility index (Phi) is 5.62. The minimum absolute atomic E-state index is 0.000949. The fraction of sp³-hybridized carbons (Fsp3) is 0.545. The van der Waals surface area contributed by atoms with Gasteiger partial charge in [-0.2, -0.15) is 5.26 Å². The van der Waals surface area contributed by atoms with E-state index in [1.54, 1.807) is 4.57 Å². The number of nitrogens with zero attached hydrogens (tertiary/aromatic N) is 4. The number of carbonyl (C=O) groups is 2. The molecular formula is C22H27N5O3S. The van der Waals surface area contributed by atoms with Crippen molar-refractivity contribution >= 4 is 28.2 Å². The summed E-state index contributed by atoms with van der Waals surface area (Å²) >= 11 is 1.51. The second-order valence-corrected chi connectivity index (χ2v) is 10.6. The third-order valence-corrected chi connectivity index (χ3v) is 7.35. The maximum absolute atomic E-state index is 12.6. The van der Waals surface area contributed by atoms with Crippen LogP contribution in [0.2, 0.25) is 0 Å². The summed E-state index contributed by atoms with van der Waals surface area (Å²) < 4.78 is 1.55. The van der Waals surface area contributed by atoms with Crippen LogP contribution in [0.15, 0.2) is 12.5 Å². The fourth-order valence-electron chi connectivity index (χ4n) is 4.20. The first-order valence-corrected chi connectivity index (χ1v) is 11.3. The van der Waals surface area contributed by atoms with Crippen LogP contribution in [0, 0.1) is 22.7 Å². The lowest BCUT2D eigenvalue weighted by atomic mass is 9.72. The number of fused-ring (bicyclic) bond motifs is 1. The molecule has 164 valence electrons. The molecule has 2 amide bonds. The van der Waals surface area contributed by atoms with Crippen molar-refractivity contribution in [2.75, 3.05) is 18.4 Å². The Hall–Kier alpha value is -2.70. The zero-order chi connectivity index (χ0) is 22.3. The largest absolute Gasteiger partial charge is 0.389 e. The molecule has 1 unspecified atom stereocenters. The smallest absolute Gasteiger partial charge is 0.274 e. The van der Waals surface area contributed by atoms with E-state index in [1.807, 2.05) is 0 Å². The average molecular weight is 442 g/mol. The van der Waals surface area contributed by atoms with Gasteiger partial charge in [-0.1, -0.05) is 20.8 Å². The van der Waals surface area contributed by atoms with Gasteiger partial charge in [0.15, 0.2) is 0 Å². The molecule has 1 atom stereocenters. The SMILES string of the molecule is CC(C)(C)C1CCc2c(sc(NC(=O)Cn3cnc(C(=O)N4CC(O)C4)c3)c2C#N)C1. The molecule has 9 heteroatoms. The van der Waals surface area contributed by atoms with E-state index < -0.39 is 6.10 Å². The highest BCUT2D eigenvalue weighted by molar-refractivity contribution is 7.16. The number of hydrogen-bond acceptors (Lipinski definition) is 6. The number of aromatic nitrogens is 2. The molecule has 0 radical (unpaired) electrons. The molecule has 1 saturated heterocycles. The lowest BCUT2D eigenvalue weighted by Gasteiger charge is -2.35. The van der Waals surface area contributed by atoms with Crippen molar-refractivity contribution in [3.8, 4) is 6.07 Å². The summed E-state index contributed by atoms with van der Waals surface area (Å²) in [7, 11) is 0. The van der Waals surface area contributed by atoms with E-state index in [2.05, 4.69) is 37.1 Å². The molecule has 1 aliphatic heterocycles. The van der Waals surface area contributed by atoms with Gasteiger partial charge >= 0.3 is 0 Å². The number of rotatable bonds is 4. The monoisotopic (exact) mass is 441 g/mol. The summed E-state index contributed by atoms with van der Waals surface area (Å²) in [6.07, 6.45) is 5.36. The summed E-state index contributed by atoms with van der Waals surface area (Å²) in [6.45, 7) is 7.36. The van der Waals surface area contributed by atoms with Crippen LogP contribution < -0.4 is 5.32 Å². The first-order valence-electron chi connectivity index (χ1n) is 10.5. The van der Waals surface area contributed by atoms with Crippen LogP contribution in [0.1, 0.15) is 53.7 Å². The summed E-state index contributed by atoms with van der Waals surface area (Å²) in [5, 5.41) is 22.5. The van der Waals surface area contributed by atoms with E-state index in [0.717, 1.165) is 24.8 Å². The molecule has 2 N–H and O–H groups in total. The van der Waals surface area contributed by atoms with E-state index in [1.165, 1.54) is 33.6 Å². The molecule has 8 nitrogen and oxygen atoms in total. The number of nitriles is 1. The van der Waals surface area contributed by atoms with E-state index in [-0.39, 0.29) is 29.5 Å². The van der Waals surface area contributed by atoms with Gasteiger partial charge in [0.2, 0.25) is 5.91 Å². The van der Waals surface area contributed by atoms with Crippen molar-refractivity contribution in [3.63, 3.8) is 0 Å². The van der Waals surface area contributed by atoms with Gasteiger partial charge in [0.05, 0.1) is 18.0 Å². The number of nitrogens with one attached hydrogen (secondary N) is 1. The van der Waals surface area contributed by atoms with E-state index in [4.69, 9.17) is 0 Å². The Morgan fingerprint density at radius 1 is 1.39 bits per heavy atom. The Balaban J connectivity index is 1.42. The molecule has 1 fully saturated rings. The molecule has 0 saturated carbocycles. The number of anilines is 1. The van der Waals surface area contributed by atoms with Gasteiger partial charge < -0.3 is 19.9 Å². The summed E-state index contributed by atoms with van der Waals surface area (Å²) in [5.41, 5.74) is 2.12. The first-order chi connectivity index (χ1) is 14.7. The van der Waals surface area contributed by atoms with E-state index in [9.17, 15) is 20.0 Å². The molecule has 3 heterocycles. The lowest BCUT2D eigenvalue weighted by molar-refractivity contribution is -0.116. The van der Waals surface area contributed by atoms with Crippen molar-refractivity contribution in [2.45, 2.75) is 52.7 Å². The highest BCUT2D eigenvalue weighted by Gasteiger charge is 2.33. The van der Waals surface area contributed by atoms with Gasteiger partial charge in [0.25, 0.3) is 5.91 Å². The Morgan fingerprint density at radius 2 is 2.13 bits per heavy atom. The maximum atomic E-state index is 12.6. The van der Waals surface area contributed by atoms with Crippen molar-refractivity contribution in [1.82, 2.24) is 14.5 Å². The predicted molar refractivity (Wildman–Crippen MR) is 117 cm³/mol. The Labute approximate surface area is 185 Å². The van der Waals surface area contributed by atoms with E-state index >= 15 is 0 Å². The summed E-state index contributed by atoms with van der Waals surface area (Å²) in [5.74, 6) is 0.0389. The number of carbonyl (C=O) groups excluding carboxylic acids is 2. The molecule has 0 bridgehead atoms. The number of aliphatic hydroxyl groups excluding tert-OH is 1. The van der Waals surface area contributed by atoms with Gasteiger partial charge in [-0.15, -0.1) is 11.3 Å². The normalized spacial score (nSPS) is 18.8. The highest BCUT2D eigenvalue weighted by Crippen LogP contribution is 2.43. The number of thiophene rings is 1. The fourth-order valence-corrected chi connectivity index (χ4v) is 5.50. The summed E-state index contributed by atoms with van der Waals surface area (Å²) in [6, 6.07) is 2.28. The van der Waals surface area contributed by atoms with Crippen molar-refractivity contribution < 1.29 is 14.7 Å². The standard InChI is InChI=1S/C22H27N5O3S/c1-22(2,3)13-4-5-15-16(7-23)20(31-18(15)6-13)25-19(29)11-26-10-17(24-12-26)21(30)27-8-14(28)9-27/h10,12-14,28H,4-6,8-9,11H2,1-3H3,(H,25,29). The van der Waals surface area contributed by atoms with Crippen LogP contribution in [0.25, 0.3) is 0 Å². The van der Waals surface area contributed by atoms with Gasteiger partial charge in [-0.05, 0) is 36.2 Å². The van der Waals surface area contributed by atoms with Crippen molar-refractivity contribution in [3.05, 3.63) is 34.2 Å². The van der Waals surface area contributed by atoms with Crippen LogP contribution >= 0.6 is 11.3 Å². The van der Waals surface area contributed by atoms with Crippen LogP contribution in [0.4, 0.5) is 5.00 Å². The van der Waals surface area contributed by atoms with Gasteiger partial charge in [0, 0.05) is 24.2 Å². The van der Waals surface area contributed by atoms with Crippen LogP contribution in [-0.4, -0.2) is 50.6 Å². The number of imidazole rings is 1. The molecule has 2 aliphatic rings. The molecule has 0 aromatic carbocycles. The zero-order valence-electron chi connectivity index (χ0n) is 18.0. The second kappa shape index (κ2) is 8.09. The zero-order valence-corrected chi connectivity index (χ0v) is 18.8. The number of hydrogen-bond donors (Lipinski definition) is 2. The van der Waals surface area contributed by atoms with Crippen LogP contribution in [-0.2, 0) is 24.2 Å². The molecule has 2 aromatic heterocycles. The first kappa shape index (κ1) is 21.5. The van der Waals surface area contributed by atoms with Gasteiger partial charge in [-0.3, -0.25) is 9.59 Å². The number of likely N-dealkylation sites (tertiary alicyclic amines) is 1. The topological polar surface area (TPSA) is 111 Å². The third-order valence-electron chi connectivity index (χ3n) is 6.18. The second-order valence-electron chi connectivity index (χ2n) is 9.47. The van der Waals surface area contributed by atoms with Crippen LogP contribution in [0.5, 0.6) is 0 Å². The number of aliphatic hydroxyl groups is 1. The van der Waals surface area contributed by atoms with Gasteiger partial charge in [-0.25, -0.2) is 4.98 Å². The molecule has 2 aromatic rings. The number of β-amino-alcohol motifs (C(OH)–C–C–N with tert-alkyl or cyclic N) is 1. The molecule has 1 aliphatic carbocycles. The molecule has 0 spiro atoms. The van der Waals surface area contributed by atoms with Crippen LogP contribution in [0.3, 0.4) is 0 Å². The maximum Gasteiger partial charge on any atom is 0.274 e. The van der Waals surface area contributed by atoms with Crippen molar-refractivity contribution in [1.29, 1.82) is 5.26 Å². The van der Waals surface area contributed by atoms with E-state index in [0.29, 0.717) is 29.6 Å². The predicted octanol–water partition coefficient (Wildman–Crippen LogP) is 2.42. The van der Waals surface area contributed by atoms with Crippen molar-refractivity contribution in [2.24, 2.45) is 11.3 Å². The lowest BCUT2D eigenvalue weighted by Crippen LogP contribution is -2.53.